The number of aliphatic hydroxyl groups is 1. The Morgan fingerprint density at radius 2 is 1.59 bits per heavy atom. The maximum Gasteiger partial charge on any atom is 0.108 e. The molecule has 0 bridgehead atoms. The van der Waals surface area contributed by atoms with Gasteiger partial charge in [0.15, 0.2) is 0 Å². The average Bonchev–Trinajstić information content (AvgIpc) is 2.70. The van der Waals surface area contributed by atoms with Crippen LogP contribution in [0.15, 0.2) is 54.6 Å². The first-order valence-electron chi connectivity index (χ1n) is 9.98. The SMILES string of the molecule is CCN(CC)CCNC[C@@H](O)CO[C@H](c1ccccc1)c1ccc(C)cc1. The number of likely N-dealkylation sites (N-methyl/N-ethyl adjacent to an activating group) is 1. The van der Waals surface area contributed by atoms with Gasteiger partial charge in [0.25, 0.3) is 0 Å². The first kappa shape index (κ1) is 21.6. The number of nitrogens with zero attached hydrogens (tertiary/aromatic N) is 1. The van der Waals surface area contributed by atoms with Gasteiger partial charge in [0.2, 0.25) is 0 Å². The van der Waals surface area contributed by atoms with Crippen molar-refractivity contribution < 1.29 is 9.84 Å². The molecule has 2 atom stereocenters. The number of aliphatic hydroxyl groups excluding tert-OH is 1. The van der Waals surface area contributed by atoms with Crippen LogP contribution in [0.3, 0.4) is 0 Å². The van der Waals surface area contributed by atoms with Crippen molar-refractivity contribution in [2.45, 2.75) is 33.0 Å². The molecule has 27 heavy (non-hydrogen) atoms. The van der Waals surface area contributed by atoms with Crippen LogP contribution < -0.4 is 5.32 Å². The van der Waals surface area contributed by atoms with Gasteiger partial charge in [0, 0.05) is 19.6 Å². The summed E-state index contributed by atoms with van der Waals surface area (Å²) in [5, 5.41) is 13.6. The largest absolute Gasteiger partial charge is 0.389 e. The molecule has 0 spiro atoms. The van der Waals surface area contributed by atoms with Gasteiger partial charge in [-0.05, 0) is 31.1 Å². The molecule has 0 amide bonds. The Kier molecular flexibility index (Phi) is 9.50. The molecule has 0 aromatic heterocycles. The summed E-state index contributed by atoms with van der Waals surface area (Å²) in [6.45, 7) is 11.2. The van der Waals surface area contributed by atoms with Crippen molar-refractivity contribution in [1.82, 2.24) is 10.2 Å². The Hall–Kier alpha value is -1.72. The number of hydrogen-bond acceptors (Lipinski definition) is 4. The predicted octanol–water partition coefficient (Wildman–Crippen LogP) is 3.39. The molecule has 0 fully saturated rings. The molecular weight excluding hydrogens is 336 g/mol. The van der Waals surface area contributed by atoms with Crippen molar-refractivity contribution in [2.75, 3.05) is 39.3 Å². The van der Waals surface area contributed by atoms with Crippen LogP contribution in [-0.2, 0) is 4.74 Å². The molecule has 0 radical (unpaired) electrons. The Labute approximate surface area is 164 Å². The number of hydrogen-bond donors (Lipinski definition) is 2. The molecule has 2 rings (SSSR count). The van der Waals surface area contributed by atoms with Crippen molar-refractivity contribution >= 4 is 0 Å². The minimum absolute atomic E-state index is 0.169. The predicted molar refractivity (Wildman–Crippen MR) is 112 cm³/mol. The van der Waals surface area contributed by atoms with Crippen molar-refractivity contribution in [2.24, 2.45) is 0 Å². The molecule has 0 aliphatic rings. The first-order chi connectivity index (χ1) is 13.1. The maximum absolute atomic E-state index is 10.3. The third kappa shape index (κ3) is 7.43. The summed E-state index contributed by atoms with van der Waals surface area (Å²) in [4.78, 5) is 2.36. The lowest BCUT2D eigenvalue weighted by atomic mass is 10.0. The van der Waals surface area contributed by atoms with Gasteiger partial charge in [-0.3, -0.25) is 0 Å². The van der Waals surface area contributed by atoms with Gasteiger partial charge >= 0.3 is 0 Å². The molecule has 0 saturated heterocycles. The van der Waals surface area contributed by atoms with Crippen LogP contribution in [0.25, 0.3) is 0 Å². The van der Waals surface area contributed by atoms with Gasteiger partial charge < -0.3 is 20.1 Å². The monoisotopic (exact) mass is 370 g/mol. The van der Waals surface area contributed by atoms with Crippen LogP contribution in [0.5, 0.6) is 0 Å². The Morgan fingerprint density at radius 1 is 0.963 bits per heavy atom. The number of benzene rings is 2. The maximum atomic E-state index is 10.3. The molecule has 2 aromatic rings. The van der Waals surface area contributed by atoms with Gasteiger partial charge in [-0.1, -0.05) is 74.0 Å². The third-order valence-electron chi connectivity index (χ3n) is 4.82. The van der Waals surface area contributed by atoms with Crippen LogP contribution >= 0.6 is 0 Å². The highest BCUT2D eigenvalue weighted by Crippen LogP contribution is 2.26. The standard InChI is InChI=1S/C23H34N2O2/c1-4-25(5-2)16-15-24-17-22(26)18-27-23(20-9-7-6-8-10-20)21-13-11-19(3)12-14-21/h6-14,22-24,26H,4-5,15-18H2,1-3H3/t22-,23-/m1/s1. The quantitative estimate of drug-likeness (QED) is 0.562. The second-order valence-corrected chi connectivity index (χ2v) is 6.92. The molecule has 0 aliphatic carbocycles. The van der Waals surface area contributed by atoms with Crippen LogP contribution in [0.2, 0.25) is 0 Å². The van der Waals surface area contributed by atoms with Gasteiger partial charge in [0.05, 0.1) is 12.7 Å². The molecule has 4 heteroatoms. The fraction of sp³-hybridized carbons (Fsp3) is 0.478. The molecule has 0 heterocycles. The molecule has 148 valence electrons. The van der Waals surface area contributed by atoms with E-state index in [9.17, 15) is 5.11 Å². The molecule has 4 nitrogen and oxygen atoms in total. The van der Waals surface area contributed by atoms with Gasteiger partial charge in [-0.15, -0.1) is 0 Å². The summed E-state index contributed by atoms with van der Waals surface area (Å²) >= 11 is 0. The normalized spacial score (nSPS) is 13.7. The van der Waals surface area contributed by atoms with E-state index in [0.717, 1.165) is 37.3 Å². The lowest BCUT2D eigenvalue weighted by molar-refractivity contribution is 0.00651. The number of aryl methyl sites for hydroxylation is 1. The van der Waals surface area contributed by atoms with Crippen LogP contribution in [-0.4, -0.2) is 55.4 Å². The summed E-state index contributed by atoms with van der Waals surface area (Å²) in [5.41, 5.74) is 3.43. The number of ether oxygens (including phenoxy) is 1. The lowest BCUT2D eigenvalue weighted by Gasteiger charge is -2.22. The highest BCUT2D eigenvalue weighted by atomic mass is 16.5. The number of nitrogens with one attached hydrogen (secondary N) is 1. The number of rotatable bonds is 12. The Bertz CT molecular complexity index is 627. The second kappa shape index (κ2) is 11.9. The fourth-order valence-corrected chi connectivity index (χ4v) is 3.07. The van der Waals surface area contributed by atoms with E-state index in [4.69, 9.17) is 4.74 Å². The fourth-order valence-electron chi connectivity index (χ4n) is 3.07. The summed E-state index contributed by atoms with van der Waals surface area (Å²) in [6.07, 6.45) is -0.699. The Morgan fingerprint density at radius 3 is 2.22 bits per heavy atom. The van der Waals surface area contributed by atoms with Crippen molar-refractivity contribution in [3.05, 3.63) is 71.3 Å². The van der Waals surface area contributed by atoms with E-state index in [2.05, 4.69) is 67.4 Å². The third-order valence-corrected chi connectivity index (χ3v) is 4.82. The Balaban J connectivity index is 1.87. The van der Waals surface area contributed by atoms with E-state index in [-0.39, 0.29) is 6.10 Å². The van der Waals surface area contributed by atoms with E-state index >= 15 is 0 Å². The molecule has 0 saturated carbocycles. The van der Waals surface area contributed by atoms with Crippen LogP contribution in [0.1, 0.15) is 36.6 Å². The smallest absolute Gasteiger partial charge is 0.108 e. The van der Waals surface area contributed by atoms with E-state index in [1.165, 1.54) is 5.56 Å². The summed E-state index contributed by atoms with van der Waals surface area (Å²) < 4.78 is 6.14. The average molecular weight is 371 g/mol. The minimum atomic E-state index is -0.529. The van der Waals surface area contributed by atoms with Gasteiger partial charge in [-0.25, -0.2) is 0 Å². The minimum Gasteiger partial charge on any atom is -0.389 e. The van der Waals surface area contributed by atoms with Gasteiger partial charge in [-0.2, -0.15) is 0 Å². The second-order valence-electron chi connectivity index (χ2n) is 6.92. The molecule has 2 aromatic carbocycles. The highest BCUT2D eigenvalue weighted by molar-refractivity contribution is 5.31. The van der Waals surface area contributed by atoms with E-state index in [1.807, 2.05) is 18.2 Å². The molecule has 2 N–H and O–H groups in total. The van der Waals surface area contributed by atoms with E-state index < -0.39 is 6.10 Å². The molecule has 0 unspecified atom stereocenters. The summed E-state index contributed by atoms with van der Waals surface area (Å²) in [6, 6.07) is 18.6. The summed E-state index contributed by atoms with van der Waals surface area (Å²) in [7, 11) is 0. The zero-order chi connectivity index (χ0) is 19.5. The molecule has 0 aliphatic heterocycles. The van der Waals surface area contributed by atoms with Crippen molar-refractivity contribution in [1.29, 1.82) is 0 Å². The molecular formula is C23H34N2O2. The summed E-state index contributed by atoms with van der Waals surface area (Å²) in [5.74, 6) is 0. The first-order valence-corrected chi connectivity index (χ1v) is 9.98. The van der Waals surface area contributed by atoms with Crippen LogP contribution in [0.4, 0.5) is 0 Å². The van der Waals surface area contributed by atoms with Crippen molar-refractivity contribution in [3.63, 3.8) is 0 Å². The lowest BCUT2D eigenvalue weighted by Crippen LogP contribution is -2.36. The van der Waals surface area contributed by atoms with Gasteiger partial charge in [0.1, 0.15) is 6.10 Å². The van der Waals surface area contributed by atoms with E-state index in [0.29, 0.717) is 13.2 Å². The van der Waals surface area contributed by atoms with Crippen molar-refractivity contribution in [3.8, 4) is 0 Å². The van der Waals surface area contributed by atoms with Crippen LogP contribution in [0, 0.1) is 6.92 Å². The zero-order valence-corrected chi connectivity index (χ0v) is 16.9. The zero-order valence-electron chi connectivity index (χ0n) is 16.9. The van der Waals surface area contributed by atoms with E-state index in [1.54, 1.807) is 0 Å². The highest BCUT2D eigenvalue weighted by Gasteiger charge is 2.16. The topological polar surface area (TPSA) is 44.7 Å².